The van der Waals surface area contributed by atoms with Gasteiger partial charge in [-0.1, -0.05) is 60.7 Å². The van der Waals surface area contributed by atoms with Crippen molar-refractivity contribution in [3.05, 3.63) is 95.2 Å². The van der Waals surface area contributed by atoms with Gasteiger partial charge in [-0.05, 0) is 54.5 Å². The van der Waals surface area contributed by atoms with Gasteiger partial charge >= 0.3 is 6.03 Å². The number of hydrogen-bond acceptors (Lipinski definition) is 3. The summed E-state index contributed by atoms with van der Waals surface area (Å²) >= 11 is 0. The fourth-order valence-corrected chi connectivity index (χ4v) is 3.96. The summed E-state index contributed by atoms with van der Waals surface area (Å²) in [4.78, 5) is 19.2. The molecule has 1 aliphatic heterocycles. The zero-order chi connectivity index (χ0) is 21.5. The first kappa shape index (κ1) is 20.9. The van der Waals surface area contributed by atoms with Crippen LogP contribution >= 0.6 is 0 Å². The minimum absolute atomic E-state index is 0.114. The van der Waals surface area contributed by atoms with Crippen LogP contribution in [0.3, 0.4) is 0 Å². The molecule has 5 nitrogen and oxygen atoms in total. The van der Waals surface area contributed by atoms with Crippen LogP contribution in [0.5, 0.6) is 0 Å². The lowest BCUT2D eigenvalue weighted by molar-refractivity contribution is 0.237. The predicted molar refractivity (Wildman–Crippen MR) is 125 cm³/mol. The third-order valence-electron chi connectivity index (χ3n) is 5.80. The molecule has 2 N–H and O–H groups in total. The van der Waals surface area contributed by atoms with E-state index in [1.165, 1.54) is 16.7 Å². The molecular formula is C26H30N4O. The largest absolute Gasteiger partial charge is 0.352 e. The quantitative estimate of drug-likeness (QED) is 0.600. The minimum Gasteiger partial charge on any atom is -0.352 e. The van der Waals surface area contributed by atoms with Crippen molar-refractivity contribution in [1.29, 1.82) is 0 Å². The molecule has 1 aromatic heterocycles. The molecule has 5 heteroatoms. The molecule has 1 atom stereocenters. The summed E-state index contributed by atoms with van der Waals surface area (Å²) in [6.45, 7) is 4.37. The van der Waals surface area contributed by atoms with Crippen molar-refractivity contribution in [2.45, 2.75) is 45.3 Å². The van der Waals surface area contributed by atoms with E-state index in [4.69, 9.17) is 0 Å². The van der Waals surface area contributed by atoms with Crippen molar-refractivity contribution in [3.8, 4) is 0 Å². The van der Waals surface area contributed by atoms with Crippen LogP contribution < -0.4 is 15.5 Å². The number of amides is 2. The van der Waals surface area contributed by atoms with Crippen molar-refractivity contribution >= 4 is 11.8 Å². The Morgan fingerprint density at radius 2 is 1.77 bits per heavy atom. The van der Waals surface area contributed by atoms with Gasteiger partial charge in [0.05, 0.1) is 0 Å². The molecule has 31 heavy (non-hydrogen) atoms. The number of hydrogen-bond donors (Lipinski definition) is 2. The maximum atomic E-state index is 12.2. The number of aryl methyl sites for hydroxylation is 1. The molecule has 2 amide bonds. The molecular weight excluding hydrogens is 384 g/mol. The lowest BCUT2D eigenvalue weighted by Crippen LogP contribution is -2.40. The Balaban J connectivity index is 1.22. The van der Waals surface area contributed by atoms with Gasteiger partial charge in [0.25, 0.3) is 0 Å². The van der Waals surface area contributed by atoms with E-state index in [0.29, 0.717) is 6.54 Å². The van der Waals surface area contributed by atoms with Gasteiger partial charge in [0.1, 0.15) is 5.82 Å². The maximum absolute atomic E-state index is 12.2. The summed E-state index contributed by atoms with van der Waals surface area (Å²) in [6, 6.07) is 23.0. The molecule has 0 saturated carbocycles. The minimum atomic E-state index is -0.141. The summed E-state index contributed by atoms with van der Waals surface area (Å²) < 4.78 is 0. The number of urea groups is 1. The van der Waals surface area contributed by atoms with Gasteiger partial charge in [-0.2, -0.15) is 0 Å². The van der Waals surface area contributed by atoms with Crippen LogP contribution in [-0.2, 0) is 25.9 Å². The Hall–Kier alpha value is -3.34. The summed E-state index contributed by atoms with van der Waals surface area (Å²) in [5.74, 6) is 0.984. The van der Waals surface area contributed by atoms with E-state index in [0.717, 1.165) is 43.7 Å². The normalized spacial score (nSPS) is 13.9. The zero-order valence-electron chi connectivity index (χ0n) is 18.1. The molecule has 0 fully saturated rings. The number of rotatable bonds is 7. The van der Waals surface area contributed by atoms with Gasteiger partial charge in [-0.25, -0.2) is 9.78 Å². The highest BCUT2D eigenvalue weighted by Gasteiger charge is 2.16. The summed E-state index contributed by atoms with van der Waals surface area (Å²) in [5.41, 5.74) is 5.09. The van der Waals surface area contributed by atoms with Crippen LogP contribution in [0.4, 0.5) is 10.6 Å². The number of aromatic nitrogens is 1. The second-order valence-corrected chi connectivity index (χ2v) is 8.22. The van der Waals surface area contributed by atoms with E-state index in [-0.39, 0.29) is 12.1 Å². The van der Waals surface area contributed by atoms with E-state index in [2.05, 4.69) is 56.9 Å². The molecule has 0 spiro atoms. The molecule has 2 heterocycles. The van der Waals surface area contributed by atoms with Crippen molar-refractivity contribution in [1.82, 2.24) is 15.6 Å². The summed E-state index contributed by atoms with van der Waals surface area (Å²) in [7, 11) is 0. The van der Waals surface area contributed by atoms with Crippen LogP contribution in [0.2, 0.25) is 0 Å². The maximum Gasteiger partial charge on any atom is 0.315 e. The molecule has 3 aromatic rings. The summed E-state index contributed by atoms with van der Waals surface area (Å²) in [6.07, 6.45) is 4.76. The van der Waals surface area contributed by atoms with E-state index < -0.39 is 0 Å². The first-order valence-electron chi connectivity index (χ1n) is 11.0. The highest BCUT2D eigenvalue weighted by molar-refractivity contribution is 5.74. The Labute approximate surface area is 184 Å². The fourth-order valence-electron chi connectivity index (χ4n) is 3.96. The highest BCUT2D eigenvalue weighted by Crippen LogP contribution is 2.22. The van der Waals surface area contributed by atoms with Crippen molar-refractivity contribution < 1.29 is 4.79 Å². The van der Waals surface area contributed by atoms with E-state index in [9.17, 15) is 4.79 Å². The van der Waals surface area contributed by atoms with Crippen molar-refractivity contribution in [2.24, 2.45) is 0 Å². The molecule has 0 unspecified atom stereocenters. The standard InChI is InChI=1S/C26H30N4O/c1-20(11-12-21-7-3-2-4-8-21)29-26(31)28-18-22-13-14-25(27-17-22)30-16-15-23-9-5-6-10-24(23)19-30/h2-10,13-14,17,20H,11-12,15-16,18-19H2,1H3,(H2,28,29,31)/t20-/m1/s1. The number of pyridine rings is 1. The monoisotopic (exact) mass is 414 g/mol. The first-order chi connectivity index (χ1) is 15.2. The Morgan fingerprint density at radius 3 is 2.55 bits per heavy atom. The highest BCUT2D eigenvalue weighted by atomic mass is 16.2. The smallest absolute Gasteiger partial charge is 0.315 e. The average molecular weight is 415 g/mol. The number of fused-ring (bicyclic) bond motifs is 1. The van der Waals surface area contributed by atoms with Crippen LogP contribution in [0.1, 0.15) is 35.6 Å². The Morgan fingerprint density at radius 1 is 1.00 bits per heavy atom. The molecule has 0 bridgehead atoms. The number of carbonyl (C=O) groups is 1. The topological polar surface area (TPSA) is 57.3 Å². The summed E-state index contributed by atoms with van der Waals surface area (Å²) in [5, 5.41) is 5.95. The second-order valence-electron chi connectivity index (χ2n) is 8.22. The van der Waals surface area contributed by atoms with Crippen molar-refractivity contribution in [3.63, 3.8) is 0 Å². The molecule has 0 radical (unpaired) electrons. The van der Waals surface area contributed by atoms with Gasteiger partial charge in [0.15, 0.2) is 0 Å². The van der Waals surface area contributed by atoms with E-state index in [1.54, 1.807) is 0 Å². The van der Waals surface area contributed by atoms with Gasteiger partial charge in [0.2, 0.25) is 0 Å². The Kier molecular flexibility index (Phi) is 6.82. The number of carbonyl (C=O) groups excluding carboxylic acids is 1. The van der Waals surface area contributed by atoms with Gasteiger partial charge in [-0.15, -0.1) is 0 Å². The fraction of sp³-hybridized carbons (Fsp3) is 0.308. The first-order valence-corrected chi connectivity index (χ1v) is 11.0. The average Bonchev–Trinajstić information content (AvgIpc) is 2.82. The second kappa shape index (κ2) is 10.1. The SMILES string of the molecule is C[C@H](CCc1ccccc1)NC(=O)NCc1ccc(N2CCc3ccccc3C2)nc1. The predicted octanol–water partition coefficient (Wildman–Crippen LogP) is 4.46. The number of benzene rings is 2. The molecule has 1 aliphatic rings. The third kappa shape index (κ3) is 5.85. The molecule has 4 rings (SSSR count). The van der Waals surface area contributed by atoms with Crippen LogP contribution in [0.15, 0.2) is 72.9 Å². The number of nitrogens with one attached hydrogen (secondary N) is 2. The lowest BCUT2D eigenvalue weighted by atomic mass is 10.00. The third-order valence-corrected chi connectivity index (χ3v) is 5.80. The van der Waals surface area contributed by atoms with Gasteiger partial charge in [-0.3, -0.25) is 0 Å². The molecule has 160 valence electrons. The van der Waals surface area contributed by atoms with E-state index in [1.807, 2.05) is 43.5 Å². The van der Waals surface area contributed by atoms with Gasteiger partial charge < -0.3 is 15.5 Å². The van der Waals surface area contributed by atoms with E-state index >= 15 is 0 Å². The molecule has 2 aromatic carbocycles. The molecule has 0 saturated heterocycles. The van der Waals surface area contributed by atoms with Gasteiger partial charge in [0, 0.05) is 31.9 Å². The van der Waals surface area contributed by atoms with Crippen LogP contribution in [0, 0.1) is 0 Å². The van der Waals surface area contributed by atoms with Crippen molar-refractivity contribution in [2.75, 3.05) is 11.4 Å². The zero-order valence-corrected chi connectivity index (χ0v) is 18.1. The number of nitrogens with zero attached hydrogens (tertiary/aromatic N) is 2. The van der Waals surface area contributed by atoms with Crippen LogP contribution in [-0.4, -0.2) is 23.6 Å². The number of anilines is 1. The lowest BCUT2D eigenvalue weighted by Gasteiger charge is -2.29. The van der Waals surface area contributed by atoms with Crippen LogP contribution in [0.25, 0.3) is 0 Å². The Bertz CT molecular complexity index is 988. The molecule has 0 aliphatic carbocycles.